The Labute approximate surface area is 140 Å². The number of methoxy groups -OCH3 is 1. The van der Waals surface area contributed by atoms with Crippen molar-refractivity contribution in [3.05, 3.63) is 65.5 Å². The highest BCUT2D eigenvalue weighted by molar-refractivity contribution is 5.97. The number of benzene rings is 1. The fourth-order valence-electron chi connectivity index (χ4n) is 1.94. The molecule has 0 saturated heterocycles. The van der Waals surface area contributed by atoms with Crippen molar-refractivity contribution < 1.29 is 9.53 Å². The van der Waals surface area contributed by atoms with Crippen molar-refractivity contribution in [3.8, 4) is 11.8 Å². The molecule has 1 aromatic heterocycles. The molecular weight excluding hydrogens is 304 g/mol. The molecule has 1 aromatic carbocycles. The molecule has 122 valence electrons. The van der Waals surface area contributed by atoms with Crippen LogP contribution in [-0.4, -0.2) is 18.0 Å². The number of rotatable bonds is 6. The highest BCUT2D eigenvalue weighted by Crippen LogP contribution is 2.11. The fourth-order valence-corrected chi connectivity index (χ4v) is 1.94. The fraction of sp³-hybridized carbons (Fsp3) is 0.167. The molecular formula is C18H18N4O2. The highest BCUT2D eigenvalue weighted by atomic mass is 16.5. The van der Waals surface area contributed by atoms with Gasteiger partial charge in [-0.2, -0.15) is 5.26 Å². The molecule has 0 saturated carbocycles. The number of amides is 1. The summed E-state index contributed by atoms with van der Waals surface area (Å²) in [6.07, 6.45) is 1.35. The quantitative estimate of drug-likeness (QED) is 0.630. The summed E-state index contributed by atoms with van der Waals surface area (Å²) in [5, 5.41) is 14.7. The van der Waals surface area contributed by atoms with E-state index in [4.69, 9.17) is 10.00 Å². The van der Waals surface area contributed by atoms with E-state index >= 15 is 0 Å². The third kappa shape index (κ3) is 4.85. The first kappa shape index (κ1) is 17.0. The van der Waals surface area contributed by atoms with E-state index in [0.29, 0.717) is 12.4 Å². The van der Waals surface area contributed by atoms with Crippen LogP contribution < -0.4 is 15.4 Å². The maximum atomic E-state index is 12.1. The number of carbonyl (C=O) groups is 1. The molecule has 6 nitrogen and oxygen atoms in total. The van der Waals surface area contributed by atoms with Crippen molar-refractivity contribution in [2.24, 2.45) is 0 Å². The Hall–Kier alpha value is -3.33. The molecule has 1 heterocycles. The summed E-state index contributed by atoms with van der Waals surface area (Å²) in [5.41, 5.74) is 1.73. The van der Waals surface area contributed by atoms with Gasteiger partial charge in [-0.15, -0.1) is 0 Å². The number of ether oxygens (including phenoxy) is 1. The Morgan fingerprint density at radius 1 is 1.29 bits per heavy atom. The van der Waals surface area contributed by atoms with Gasteiger partial charge in [-0.05, 0) is 36.8 Å². The molecule has 0 atom stereocenters. The number of pyridine rings is 1. The predicted molar refractivity (Wildman–Crippen MR) is 91.1 cm³/mol. The number of hydrogen-bond acceptors (Lipinski definition) is 5. The summed E-state index contributed by atoms with van der Waals surface area (Å²) < 4.78 is 5.08. The minimum atomic E-state index is -0.450. The normalized spacial score (nSPS) is 10.6. The predicted octanol–water partition coefficient (Wildman–Crippen LogP) is 2.53. The van der Waals surface area contributed by atoms with Gasteiger partial charge in [-0.1, -0.05) is 18.2 Å². The van der Waals surface area contributed by atoms with Gasteiger partial charge in [0.15, 0.2) is 0 Å². The van der Waals surface area contributed by atoms with Crippen LogP contribution in [0.4, 0.5) is 5.82 Å². The molecule has 24 heavy (non-hydrogen) atoms. The van der Waals surface area contributed by atoms with Crippen LogP contribution in [0.2, 0.25) is 0 Å². The standard InChI is InChI=1S/C18H18N4O2/c1-13-4-3-5-17(22-13)20-12-15(10-19)18(23)21-11-14-6-8-16(24-2)9-7-14/h3-9,12H,11H2,1-2H3,(H,20,22)(H,21,23)/b15-12-. The summed E-state index contributed by atoms with van der Waals surface area (Å²) in [4.78, 5) is 16.3. The second-order valence-corrected chi connectivity index (χ2v) is 5.01. The zero-order valence-electron chi connectivity index (χ0n) is 13.5. The van der Waals surface area contributed by atoms with Crippen LogP contribution in [0.5, 0.6) is 5.75 Å². The van der Waals surface area contributed by atoms with Crippen LogP contribution in [0.25, 0.3) is 0 Å². The Balaban J connectivity index is 1.95. The number of nitrogens with zero attached hydrogens (tertiary/aromatic N) is 2. The van der Waals surface area contributed by atoms with Crippen LogP contribution in [0, 0.1) is 18.3 Å². The van der Waals surface area contributed by atoms with Gasteiger partial charge < -0.3 is 15.4 Å². The molecule has 0 fully saturated rings. The second-order valence-electron chi connectivity index (χ2n) is 5.01. The van der Waals surface area contributed by atoms with E-state index in [1.807, 2.05) is 49.4 Å². The van der Waals surface area contributed by atoms with Crippen LogP contribution >= 0.6 is 0 Å². The molecule has 0 radical (unpaired) electrons. The summed E-state index contributed by atoms with van der Waals surface area (Å²) in [5.74, 6) is 0.872. The molecule has 0 aliphatic carbocycles. The molecule has 2 aromatic rings. The van der Waals surface area contributed by atoms with E-state index in [1.54, 1.807) is 13.2 Å². The van der Waals surface area contributed by atoms with Gasteiger partial charge in [-0.3, -0.25) is 4.79 Å². The lowest BCUT2D eigenvalue weighted by Crippen LogP contribution is -2.24. The number of nitrogens with one attached hydrogen (secondary N) is 2. The molecule has 6 heteroatoms. The number of hydrogen-bond donors (Lipinski definition) is 2. The molecule has 1 amide bonds. The van der Waals surface area contributed by atoms with E-state index in [0.717, 1.165) is 17.0 Å². The number of anilines is 1. The second kappa shape index (κ2) is 8.34. The van der Waals surface area contributed by atoms with Crippen LogP contribution in [0.15, 0.2) is 54.2 Å². The van der Waals surface area contributed by atoms with Gasteiger partial charge in [-0.25, -0.2) is 4.98 Å². The van der Waals surface area contributed by atoms with E-state index in [2.05, 4.69) is 15.6 Å². The van der Waals surface area contributed by atoms with Gasteiger partial charge in [0.25, 0.3) is 5.91 Å². The lowest BCUT2D eigenvalue weighted by molar-refractivity contribution is -0.117. The first-order valence-corrected chi connectivity index (χ1v) is 7.34. The maximum absolute atomic E-state index is 12.1. The summed E-state index contributed by atoms with van der Waals surface area (Å²) in [6, 6.07) is 14.7. The number of nitriles is 1. The lowest BCUT2D eigenvalue weighted by Gasteiger charge is -2.06. The number of carbonyl (C=O) groups excluding carboxylic acids is 1. The van der Waals surface area contributed by atoms with Crippen molar-refractivity contribution in [1.82, 2.24) is 10.3 Å². The summed E-state index contributed by atoms with van der Waals surface area (Å²) in [7, 11) is 1.59. The lowest BCUT2D eigenvalue weighted by atomic mass is 10.2. The molecule has 0 bridgehead atoms. The first-order valence-electron chi connectivity index (χ1n) is 7.34. The van der Waals surface area contributed by atoms with E-state index in [-0.39, 0.29) is 5.57 Å². The minimum absolute atomic E-state index is 0.0215. The molecule has 2 N–H and O–H groups in total. The monoisotopic (exact) mass is 322 g/mol. The molecule has 0 unspecified atom stereocenters. The van der Waals surface area contributed by atoms with Crippen molar-refractivity contribution >= 4 is 11.7 Å². The van der Waals surface area contributed by atoms with Crippen LogP contribution in [0.1, 0.15) is 11.3 Å². The Morgan fingerprint density at radius 3 is 2.67 bits per heavy atom. The Kier molecular flexibility index (Phi) is 5.92. The third-order valence-corrected chi connectivity index (χ3v) is 3.23. The highest BCUT2D eigenvalue weighted by Gasteiger charge is 2.08. The van der Waals surface area contributed by atoms with Crippen LogP contribution in [-0.2, 0) is 11.3 Å². The third-order valence-electron chi connectivity index (χ3n) is 3.23. The SMILES string of the molecule is COc1ccc(CNC(=O)/C(C#N)=C\Nc2cccc(C)n2)cc1. The molecule has 0 aliphatic rings. The van der Waals surface area contributed by atoms with Crippen molar-refractivity contribution in [3.63, 3.8) is 0 Å². The van der Waals surface area contributed by atoms with Crippen molar-refractivity contribution in [2.75, 3.05) is 12.4 Å². The minimum Gasteiger partial charge on any atom is -0.497 e. The van der Waals surface area contributed by atoms with Gasteiger partial charge in [0, 0.05) is 18.4 Å². The van der Waals surface area contributed by atoms with Crippen LogP contribution in [0.3, 0.4) is 0 Å². The zero-order chi connectivity index (χ0) is 17.4. The van der Waals surface area contributed by atoms with Gasteiger partial charge in [0.1, 0.15) is 23.2 Å². The topological polar surface area (TPSA) is 87.0 Å². The van der Waals surface area contributed by atoms with Crippen molar-refractivity contribution in [2.45, 2.75) is 13.5 Å². The summed E-state index contributed by atoms with van der Waals surface area (Å²) in [6.45, 7) is 2.19. The largest absolute Gasteiger partial charge is 0.497 e. The van der Waals surface area contributed by atoms with Gasteiger partial charge in [0.05, 0.1) is 7.11 Å². The number of aromatic nitrogens is 1. The smallest absolute Gasteiger partial charge is 0.263 e. The van der Waals surface area contributed by atoms with E-state index in [1.165, 1.54) is 6.20 Å². The van der Waals surface area contributed by atoms with Gasteiger partial charge >= 0.3 is 0 Å². The first-order chi connectivity index (χ1) is 11.6. The number of aryl methyl sites for hydroxylation is 1. The molecule has 2 rings (SSSR count). The Morgan fingerprint density at radius 2 is 2.04 bits per heavy atom. The maximum Gasteiger partial charge on any atom is 0.263 e. The molecule has 0 spiro atoms. The van der Waals surface area contributed by atoms with E-state index < -0.39 is 5.91 Å². The summed E-state index contributed by atoms with van der Waals surface area (Å²) >= 11 is 0. The zero-order valence-corrected chi connectivity index (χ0v) is 13.5. The average Bonchev–Trinajstić information content (AvgIpc) is 2.61. The van der Waals surface area contributed by atoms with Gasteiger partial charge in [0.2, 0.25) is 0 Å². The average molecular weight is 322 g/mol. The Bertz CT molecular complexity index is 776. The van der Waals surface area contributed by atoms with Crippen molar-refractivity contribution in [1.29, 1.82) is 5.26 Å². The van der Waals surface area contributed by atoms with E-state index in [9.17, 15) is 4.79 Å². The molecule has 0 aliphatic heterocycles.